The Hall–Kier alpha value is -3.26. The Morgan fingerprint density at radius 3 is 2.55 bits per heavy atom. The third kappa shape index (κ3) is 5.39. The molecule has 0 saturated heterocycles. The zero-order valence-electron chi connectivity index (χ0n) is 16.3. The van der Waals surface area contributed by atoms with Crippen molar-refractivity contribution in [3.63, 3.8) is 0 Å². The quantitative estimate of drug-likeness (QED) is 0.331. The lowest BCUT2D eigenvalue weighted by molar-refractivity contribution is -0.384. The Bertz CT molecular complexity index is 1020. The molecule has 1 aromatic heterocycles. The minimum absolute atomic E-state index is 0.0155. The summed E-state index contributed by atoms with van der Waals surface area (Å²) in [4.78, 5) is 28.5. The van der Waals surface area contributed by atoms with Crippen LogP contribution in [0, 0.1) is 24.0 Å². The molecule has 2 aromatic carbocycles. The third-order valence-electron chi connectivity index (χ3n) is 4.31. The highest BCUT2D eigenvalue weighted by atomic mass is 32.1. The number of hydrogen-bond acceptors (Lipinski definition) is 6. The van der Waals surface area contributed by atoms with Crippen LogP contribution in [0.2, 0.25) is 0 Å². The van der Waals surface area contributed by atoms with Crippen molar-refractivity contribution in [2.75, 3.05) is 18.4 Å². The first-order valence-corrected chi connectivity index (χ1v) is 10.0. The largest absolute Gasteiger partial charge is 0.378 e. The minimum atomic E-state index is -0.431. The Labute approximate surface area is 173 Å². The van der Waals surface area contributed by atoms with E-state index in [1.807, 2.05) is 38.1 Å². The van der Waals surface area contributed by atoms with Gasteiger partial charge in [-0.25, -0.2) is 4.98 Å². The number of thiazole rings is 1. The second-order valence-electron chi connectivity index (χ2n) is 6.60. The van der Waals surface area contributed by atoms with Crippen LogP contribution in [-0.4, -0.2) is 28.9 Å². The summed E-state index contributed by atoms with van der Waals surface area (Å²) in [5, 5.41) is 17.8. The first-order chi connectivity index (χ1) is 13.9. The van der Waals surface area contributed by atoms with Crippen LogP contribution in [0.15, 0.2) is 48.5 Å². The average molecular weight is 410 g/mol. The van der Waals surface area contributed by atoms with Crippen LogP contribution in [0.3, 0.4) is 0 Å². The number of benzene rings is 2. The van der Waals surface area contributed by atoms with Crippen molar-refractivity contribution in [3.05, 3.63) is 74.1 Å². The van der Waals surface area contributed by atoms with Crippen molar-refractivity contribution < 1.29 is 9.72 Å². The maximum atomic E-state index is 12.4. The van der Waals surface area contributed by atoms with Crippen LogP contribution in [0.1, 0.15) is 15.4 Å². The number of nitrogens with zero attached hydrogens (tertiary/aromatic N) is 2. The summed E-state index contributed by atoms with van der Waals surface area (Å²) in [6, 6.07) is 14.5. The van der Waals surface area contributed by atoms with Crippen molar-refractivity contribution in [2.45, 2.75) is 20.3 Å². The molecule has 1 amide bonds. The summed E-state index contributed by atoms with van der Waals surface area (Å²) in [6.07, 6.45) is 0.250. The second-order valence-corrected chi connectivity index (χ2v) is 7.89. The smallest absolute Gasteiger partial charge is 0.292 e. The van der Waals surface area contributed by atoms with Gasteiger partial charge in [-0.15, -0.1) is 11.3 Å². The number of nitro benzene ring substituents is 1. The predicted molar refractivity (Wildman–Crippen MR) is 115 cm³/mol. The lowest BCUT2D eigenvalue weighted by atomic mass is 10.1. The Morgan fingerprint density at radius 1 is 1.10 bits per heavy atom. The lowest BCUT2D eigenvalue weighted by Gasteiger charge is -2.08. The van der Waals surface area contributed by atoms with E-state index in [0.717, 1.165) is 21.1 Å². The van der Waals surface area contributed by atoms with E-state index in [2.05, 4.69) is 15.6 Å². The summed E-state index contributed by atoms with van der Waals surface area (Å²) >= 11 is 1.52. The average Bonchev–Trinajstić information content (AvgIpc) is 3.06. The molecular weight excluding hydrogens is 388 g/mol. The number of carbonyl (C=O) groups excluding carboxylic acids is 1. The van der Waals surface area contributed by atoms with Gasteiger partial charge in [0, 0.05) is 29.6 Å². The molecule has 0 aliphatic rings. The van der Waals surface area contributed by atoms with E-state index in [4.69, 9.17) is 0 Å². The van der Waals surface area contributed by atoms with Crippen LogP contribution < -0.4 is 10.6 Å². The molecule has 3 aromatic rings. The Balaban J connectivity index is 1.56. The highest BCUT2D eigenvalue weighted by Crippen LogP contribution is 2.28. The van der Waals surface area contributed by atoms with Gasteiger partial charge < -0.3 is 10.6 Å². The number of aromatic nitrogens is 1. The number of aryl methyl sites for hydroxylation is 2. The first kappa shape index (κ1) is 20.5. The molecule has 0 aliphatic heterocycles. The van der Waals surface area contributed by atoms with E-state index in [1.165, 1.54) is 23.0 Å². The highest BCUT2D eigenvalue weighted by Gasteiger charge is 2.15. The maximum Gasteiger partial charge on any atom is 0.292 e. The van der Waals surface area contributed by atoms with E-state index < -0.39 is 4.92 Å². The molecule has 0 aliphatic carbocycles. The van der Waals surface area contributed by atoms with Gasteiger partial charge in [0.25, 0.3) is 5.69 Å². The molecule has 2 N–H and O–H groups in total. The van der Waals surface area contributed by atoms with E-state index in [9.17, 15) is 14.9 Å². The molecule has 0 fully saturated rings. The number of nitrogens with one attached hydrogen (secondary N) is 2. The maximum absolute atomic E-state index is 12.4. The van der Waals surface area contributed by atoms with Crippen LogP contribution in [0.5, 0.6) is 0 Å². The fourth-order valence-corrected chi connectivity index (χ4v) is 3.87. The van der Waals surface area contributed by atoms with Gasteiger partial charge in [-0.3, -0.25) is 14.9 Å². The lowest BCUT2D eigenvalue weighted by Crippen LogP contribution is -2.30. The summed E-state index contributed by atoms with van der Waals surface area (Å²) in [7, 11) is 0. The van der Waals surface area contributed by atoms with Gasteiger partial charge >= 0.3 is 0 Å². The normalized spacial score (nSPS) is 10.6. The van der Waals surface area contributed by atoms with Crippen LogP contribution in [0.4, 0.5) is 11.4 Å². The fourth-order valence-electron chi connectivity index (χ4n) is 2.92. The van der Waals surface area contributed by atoms with Crippen LogP contribution >= 0.6 is 11.3 Å². The molecular formula is C21H22N4O3S. The summed E-state index contributed by atoms with van der Waals surface area (Å²) in [5.41, 5.74) is 3.47. The summed E-state index contributed by atoms with van der Waals surface area (Å²) in [6.45, 7) is 4.72. The van der Waals surface area contributed by atoms with Crippen molar-refractivity contribution in [3.8, 4) is 11.3 Å². The molecule has 0 spiro atoms. The second kappa shape index (κ2) is 9.29. The van der Waals surface area contributed by atoms with Gasteiger partial charge in [-0.2, -0.15) is 0 Å². The van der Waals surface area contributed by atoms with Gasteiger partial charge in [0.05, 0.1) is 22.0 Å². The van der Waals surface area contributed by atoms with Gasteiger partial charge in [0.2, 0.25) is 5.91 Å². The first-order valence-electron chi connectivity index (χ1n) is 9.21. The number of nitro groups is 1. The van der Waals surface area contributed by atoms with Crippen LogP contribution in [-0.2, 0) is 11.2 Å². The van der Waals surface area contributed by atoms with E-state index in [-0.39, 0.29) is 18.0 Å². The monoisotopic (exact) mass is 410 g/mol. The number of anilines is 1. The van der Waals surface area contributed by atoms with Crippen molar-refractivity contribution in [2.24, 2.45) is 0 Å². The van der Waals surface area contributed by atoms with Gasteiger partial charge in [-0.05, 0) is 19.9 Å². The molecule has 150 valence electrons. The van der Waals surface area contributed by atoms with Crippen molar-refractivity contribution >= 4 is 28.6 Å². The number of amides is 1. The van der Waals surface area contributed by atoms with Gasteiger partial charge in [0.15, 0.2) is 0 Å². The summed E-state index contributed by atoms with van der Waals surface area (Å²) in [5.74, 6) is -0.105. The minimum Gasteiger partial charge on any atom is -0.378 e. The predicted octanol–water partition coefficient (Wildman–Crippen LogP) is 4.11. The number of carbonyl (C=O) groups is 1. The molecule has 29 heavy (non-hydrogen) atoms. The molecule has 0 unspecified atom stereocenters. The van der Waals surface area contributed by atoms with Gasteiger partial charge in [0.1, 0.15) is 5.69 Å². The van der Waals surface area contributed by atoms with Crippen molar-refractivity contribution in [1.82, 2.24) is 10.3 Å². The number of hydrogen-bond donors (Lipinski definition) is 2. The number of rotatable bonds is 8. The van der Waals surface area contributed by atoms with E-state index in [1.54, 1.807) is 18.2 Å². The molecule has 0 atom stereocenters. The number of para-hydroxylation sites is 2. The fraction of sp³-hybridized carbons (Fsp3) is 0.238. The molecule has 8 heteroatoms. The molecule has 1 heterocycles. The third-order valence-corrected chi connectivity index (χ3v) is 5.28. The molecule has 7 nitrogen and oxygen atoms in total. The molecule has 3 rings (SSSR count). The highest BCUT2D eigenvalue weighted by molar-refractivity contribution is 7.12. The molecule has 0 saturated carbocycles. The molecule has 0 bridgehead atoms. The van der Waals surface area contributed by atoms with Crippen molar-refractivity contribution in [1.29, 1.82) is 0 Å². The Kier molecular flexibility index (Phi) is 6.56. The molecule has 0 radical (unpaired) electrons. The Morgan fingerprint density at radius 2 is 1.83 bits per heavy atom. The topological polar surface area (TPSA) is 97.2 Å². The summed E-state index contributed by atoms with van der Waals surface area (Å²) < 4.78 is 0. The zero-order valence-corrected chi connectivity index (χ0v) is 17.1. The van der Waals surface area contributed by atoms with Gasteiger partial charge in [-0.1, -0.05) is 42.0 Å². The SMILES string of the molecule is Cc1ccc(-c2nc(C)sc2CC(=O)NCCNc2ccccc2[N+](=O)[O-])cc1. The van der Waals surface area contributed by atoms with Crippen LogP contribution in [0.25, 0.3) is 11.3 Å². The standard InChI is InChI=1S/C21H22N4O3S/c1-14-7-9-16(10-8-14)21-19(29-15(2)24-21)13-20(26)23-12-11-22-17-5-3-4-6-18(17)25(27)28/h3-10,22H,11-13H2,1-2H3,(H,23,26). The van der Waals surface area contributed by atoms with E-state index in [0.29, 0.717) is 18.8 Å². The van der Waals surface area contributed by atoms with E-state index >= 15 is 0 Å². The zero-order chi connectivity index (χ0) is 20.8.